The van der Waals surface area contributed by atoms with E-state index in [9.17, 15) is 4.39 Å². The van der Waals surface area contributed by atoms with E-state index in [-0.39, 0.29) is 29.8 Å². The summed E-state index contributed by atoms with van der Waals surface area (Å²) in [6.45, 7) is 4.77. The zero-order valence-electron chi connectivity index (χ0n) is 12.2. The molecule has 3 nitrogen and oxygen atoms in total. The molecule has 0 saturated carbocycles. The van der Waals surface area contributed by atoms with E-state index in [4.69, 9.17) is 17.3 Å². The van der Waals surface area contributed by atoms with Gasteiger partial charge in [0.1, 0.15) is 5.82 Å². The summed E-state index contributed by atoms with van der Waals surface area (Å²) in [5.74, 6) is 0.961. The smallest absolute Gasteiger partial charge is 0.191 e. The Labute approximate surface area is 147 Å². The van der Waals surface area contributed by atoms with Gasteiger partial charge in [-0.25, -0.2) is 4.39 Å². The van der Waals surface area contributed by atoms with Gasteiger partial charge in [0, 0.05) is 24.7 Å². The molecule has 0 aliphatic carbocycles. The largest absolute Gasteiger partial charge is 0.370 e. The van der Waals surface area contributed by atoms with E-state index in [1.165, 1.54) is 25.0 Å². The average Bonchev–Trinajstić information content (AvgIpc) is 2.41. The predicted molar refractivity (Wildman–Crippen MR) is 97.0 cm³/mol. The van der Waals surface area contributed by atoms with Gasteiger partial charge in [-0.05, 0) is 42.9 Å². The van der Waals surface area contributed by atoms with Crippen LogP contribution in [0.3, 0.4) is 0 Å². The van der Waals surface area contributed by atoms with Crippen LogP contribution >= 0.6 is 35.6 Å². The molecule has 0 radical (unpaired) electrons. The summed E-state index contributed by atoms with van der Waals surface area (Å²) in [5.41, 5.74) is 6.92. The van der Waals surface area contributed by atoms with Gasteiger partial charge in [0.2, 0.25) is 0 Å². The molecule has 1 unspecified atom stereocenters. The maximum absolute atomic E-state index is 12.9. The highest BCUT2D eigenvalue weighted by molar-refractivity contribution is 14.0. The highest BCUT2D eigenvalue weighted by Gasteiger charge is 2.17. The Hall–Kier alpha value is -0.560. The van der Waals surface area contributed by atoms with Crippen molar-refractivity contribution in [2.75, 3.05) is 19.6 Å². The van der Waals surface area contributed by atoms with Crippen molar-refractivity contribution in [3.05, 3.63) is 34.6 Å². The van der Waals surface area contributed by atoms with Gasteiger partial charge in [-0.15, -0.1) is 24.0 Å². The predicted octanol–water partition coefficient (Wildman–Crippen LogP) is 3.69. The lowest BCUT2D eigenvalue weighted by Crippen LogP contribution is -2.43. The number of halogens is 3. The number of rotatable bonds is 3. The van der Waals surface area contributed by atoms with Crippen LogP contribution in [0.5, 0.6) is 0 Å². The monoisotopic (exact) mass is 425 g/mol. The minimum atomic E-state index is -0.316. The van der Waals surface area contributed by atoms with Crippen molar-refractivity contribution in [3.63, 3.8) is 0 Å². The summed E-state index contributed by atoms with van der Waals surface area (Å²) in [5, 5.41) is 0.449. The second kappa shape index (κ2) is 8.78. The summed E-state index contributed by atoms with van der Waals surface area (Å²) in [4.78, 5) is 6.55. The number of nitrogens with two attached hydrogens (primary N) is 1. The van der Waals surface area contributed by atoms with Crippen LogP contribution in [0, 0.1) is 11.7 Å². The van der Waals surface area contributed by atoms with Crippen LogP contribution in [0.15, 0.2) is 23.2 Å². The first-order chi connectivity index (χ1) is 9.56. The van der Waals surface area contributed by atoms with Gasteiger partial charge in [-0.3, -0.25) is 4.99 Å². The molecule has 0 spiro atoms. The Morgan fingerprint density at radius 3 is 2.95 bits per heavy atom. The van der Waals surface area contributed by atoms with Crippen LogP contribution in [0.2, 0.25) is 5.02 Å². The summed E-state index contributed by atoms with van der Waals surface area (Å²) in [6, 6.07) is 4.45. The lowest BCUT2D eigenvalue weighted by molar-refractivity contribution is 0.270. The molecule has 1 aliphatic heterocycles. The van der Waals surface area contributed by atoms with Crippen LogP contribution in [0.4, 0.5) is 4.39 Å². The normalized spacial score (nSPS) is 19.3. The second-order valence-electron chi connectivity index (χ2n) is 5.42. The molecule has 1 aliphatic rings. The standard InChI is InChI=1S/C15H21ClFN3.HI/c1-11-3-2-8-20(10-11)15(18)19-7-6-12-4-5-13(17)9-14(12)16;/h4-5,9,11H,2-3,6-8,10H2,1H3,(H2,18,19);1H. The molecular formula is C15H22ClFIN3. The molecule has 0 bridgehead atoms. The van der Waals surface area contributed by atoms with Gasteiger partial charge in [-0.2, -0.15) is 0 Å². The summed E-state index contributed by atoms with van der Waals surface area (Å²) in [6.07, 6.45) is 3.10. The second-order valence-corrected chi connectivity index (χ2v) is 5.83. The first-order valence-electron chi connectivity index (χ1n) is 7.05. The topological polar surface area (TPSA) is 41.6 Å². The third-order valence-corrected chi connectivity index (χ3v) is 4.00. The van der Waals surface area contributed by atoms with Gasteiger partial charge in [0.25, 0.3) is 0 Å². The lowest BCUT2D eigenvalue weighted by Gasteiger charge is -2.31. The van der Waals surface area contributed by atoms with E-state index in [1.54, 1.807) is 6.07 Å². The van der Waals surface area contributed by atoms with Gasteiger partial charge < -0.3 is 10.6 Å². The number of hydrogen-bond acceptors (Lipinski definition) is 1. The van der Waals surface area contributed by atoms with Gasteiger partial charge in [0.15, 0.2) is 5.96 Å². The fraction of sp³-hybridized carbons (Fsp3) is 0.533. The van der Waals surface area contributed by atoms with Crippen molar-refractivity contribution < 1.29 is 4.39 Å². The number of guanidine groups is 1. The minimum absolute atomic E-state index is 0. The maximum atomic E-state index is 12.9. The fourth-order valence-corrected chi connectivity index (χ4v) is 2.77. The van der Waals surface area contributed by atoms with E-state index in [0.29, 0.717) is 29.9 Å². The van der Waals surface area contributed by atoms with Crippen LogP contribution < -0.4 is 5.73 Å². The number of benzene rings is 1. The first kappa shape index (κ1) is 18.5. The van der Waals surface area contributed by atoms with Crippen molar-refractivity contribution >= 4 is 41.5 Å². The van der Waals surface area contributed by atoms with Gasteiger partial charge in [0.05, 0.1) is 0 Å². The van der Waals surface area contributed by atoms with Crippen molar-refractivity contribution in [1.29, 1.82) is 0 Å². The molecule has 0 amide bonds. The molecule has 6 heteroatoms. The molecule has 1 atom stereocenters. The molecule has 21 heavy (non-hydrogen) atoms. The van der Waals surface area contributed by atoms with E-state index in [1.807, 2.05) is 0 Å². The summed E-state index contributed by atoms with van der Waals surface area (Å²) >= 11 is 5.98. The van der Waals surface area contributed by atoms with Gasteiger partial charge >= 0.3 is 0 Å². The SMILES string of the molecule is CC1CCCN(C(N)=NCCc2ccc(F)cc2Cl)C1.I. The molecule has 1 aromatic rings. The molecule has 1 fully saturated rings. The van der Waals surface area contributed by atoms with E-state index < -0.39 is 0 Å². The van der Waals surface area contributed by atoms with E-state index in [2.05, 4.69) is 16.8 Å². The average molecular weight is 426 g/mol. The number of likely N-dealkylation sites (tertiary alicyclic amines) is 1. The quantitative estimate of drug-likeness (QED) is 0.456. The molecule has 2 N–H and O–H groups in total. The van der Waals surface area contributed by atoms with Crippen molar-refractivity contribution in [2.24, 2.45) is 16.6 Å². The van der Waals surface area contributed by atoms with Gasteiger partial charge in [-0.1, -0.05) is 24.6 Å². The third-order valence-electron chi connectivity index (χ3n) is 3.65. The first-order valence-corrected chi connectivity index (χ1v) is 7.43. The maximum Gasteiger partial charge on any atom is 0.191 e. The van der Waals surface area contributed by atoms with Crippen LogP contribution in [0.25, 0.3) is 0 Å². The zero-order chi connectivity index (χ0) is 14.5. The van der Waals surface area contributed by atoms with Crippen LogP contribution in [-0.2, 0) is 6.42 Å². The Bertz CT molecular complexity index is 496. The Morgan fingerprint density at radius 2 is 2.29 bits per heavy atom. The number of hydrogen-bond donors (Lipinski definition) is 1. The third kappa shape index (κ3) is 5.62. The number of nitrogens with zero attached hydrogens (tertiary/aromatic N) is 2. The van der Waals surface area contributed by atoms with Crippen molar-refractivity contribution in [1.82, 2.24) is 4.90 Å². The summed E-state index contributed by atoms with van der Waals surface area (Å²) in [7, 11) is 0. The molecule has 0 aromatic heterocycles. The fourth-order valence-electron chi connectivity index (χ4n) is 2.51. The lowest BCUT2D eigenvalue weighted by atomic mass is 10.0. The Kier molecular flexibility index (Phi) is 7.73. The Morgan fingerprint density at radius 1 is 1.52 bits per heavy atom. The summed E-state index contributed by atoms with van der Waals surface area (Å²) < 4.78 is 12.9. The van der Waals surface area contributed by atoms with Crippen molar-refractivity contribution in [2.45, 2.75) is 26.2 Å². The van der Waals surface area contributed by atoms with Crippen LogP contribution in [0.1, 0.15) is 25.3 Å². The molecule has 118 valence electrons. The van der Waals surface area contributed by atoms with Crippen LogP contribution in [-0.4, -0.2) is 30.5 Å². The number of piperidine rings is 1. The highest BCUT2D eigenvalue weighted by atomic mass is 127. The Balaban J connectivity index is 0.00000220. The molecular weight excluding hydrogens is 404 g/mol. The van der Waals surface area contributed by atoms with E-state index in [0.717, 1.165) is 18.7 Å². The highest BCUT2D eigenvalue weighted by Crippen LogP contribution is 2.18. The minimum Gasteiger partial charge on any atom is -0.370 e. The molecule has 2 rings (SSSR count). The van der Waals surface area contributed by atoms with Crippen molar-refractivity contribution in [3.8, 4) is 0 Å². The molecule has 1 heterocycles. The molecule has 1 saturated heterocycles. The van der Waals surface area contributed by atoms with E-state index >= 15 is 0 Å². The molecule has 1 aromatic carbocycles. The zero-order valence-corrected chi connectivity index (χ0v) is 15.3. The number of aliphatic imine (C=N–C) groups is 1.